The van der Waals surface area contributed by atoms with Gasteiger partial charge in [0.15, 0.2) is 0 Å². The molecule has 0 rings (SSSR count). The van der Waals surface area contributed by atoms with Crippen molar-refractivity contribution in [2.24, 2.45) is 0 Å². The van der Waals surface area contributed by atoms with Crippen LogP contribution < -0.4 is 5.32 Å². The fraction of sp³-hybridized carbons (Fsp3) is 0.766. The number of carbonyl (C=O) groups excluding carboxylic acids is 2. The van der Waals surface area contributed by atoms with Crippen molar-refractivity contribution in [3.05, 3.63) is 97.2 Å². The number of phosphoric acid groups is 1. The lowest BCUT2D eigenvalue weighted by Gasteiger charge is -2.27. The third-order valence-electron chi connectivity index (χ3n) is 16.0. The van der Waals surface area contributed by atoms with Gasteiger partial charge >= 0.3 is 13.8 Å². The summed E-state index contributed by atoms with van der Waals surface area (Å²) in [6, 6.07) is -0.861. The van der Waals surface area contributed by atoms with Crippen molar-refractivity contribution < 1.29 is 37.3 Å². The monoisotopic (exact) mass is 1240 g/mol. The second-order valence-electron chi connectivity index (χ2n) is 25.8. The second kappa shape index (κ2) is 65.9. The summed E-state index contributed by atoms with van der Waals surface area (Å²) in [6.07, 6.45) is 89.8. The molecular weight excluding hydrogens is 1100 g/mol. The molecule has 0 aliphatic heterocycles. The van der Waals surface area contributed by atoms with Crippen molar-refractivity contribution in [1.29, 1.82) is 0 Å². The van der Waals surface area contributed by atoms with E-state index in [4.69, 9.17) is 13.8 Å². The molecular formula is C77H140N2O7P+. The molecule has 0 aromatic heterocycles. The van der Waals surface area contributed by atoms with Gasteiger partial charge in [-0.05, 0) is 115 Å². The van der Waals surface area contributed by atoms with Crippen molar-refractivity contribution in [3.63, 3.8) is 0 Å². The van der Waals surface area contributed by atoms with Gasteiger partial charge in [0.25, 0.3) is 0 Å². The van der Waals surface area contributed by atoms with E-state index in [0.29, 0.717) is 17.4 Å². The van der Waals surface area contributed by atoms with E-state index in [9.17, 15) is 19.0 Å². The molecule has 0 aromatic rings. The fourth-order valence-electron chi connectivity index (χ4n) is 10.3. The van der Waals surface area contributed by atoms with E-state index >= 15 is 0 Å². The highest BCUT2D eigenvalue weighted by Gasteiger charge is 2.30. The predicted octanol–water partition coefficient (Wildman–Crippen LogP) is 23.5. The Hall–Kier alpha value is -3.07. The van der Waals surface area contributed by atoms with E-state index < -0.39 is 20.0 Å². The zero-order valence-corrected chi connectivity index (χ0v) is 58.6. The molecule has 10 heteroatoms. The van der Waals surface area contributed by atoms with Gasteiger partial charge in [-0.2, -0.15) is 0 Å². The summed E-state index contributed by atoms with van der Waals surface area (Å²) in [5.74, 6) is -0.514. The number of amides is 1. The number of carbonyl (C=O) groups is 2. The molecule has 0 aliphatic rings. The van der Waals surface area contributed by atoms with Crippen LogP contribution in [0.3, 0.4) is 0 Å². The van der Waals surface area contributed by atoms with Crippen molar-refractivity contribution in [3.8, 4) is 0 Å². The summed E-state index contributed by atoms with van der Waals surface area (Å²) in [7, 11) is 1.49. The summed E-state index contributed by atoms with van der Waals surface area (Å²) in [5.41, 5.74) is 0. The minimum absolute atomic E-state index is 0.0346. The fourth-order valence-corrected chi connectivity index (χ4v) is 11.1. The van der Waals surface area contributed by atoms with Crippen molar-refractivity contribution >= 4 is 19.7 Å². The number of ether oxygens (including phenoxy) is 1. The van der Waals surface area contributed by atoms with Gasteiger partial charge in [0, 0.05) is 12.8 Å². The van der Waals surface area contributed by atoms with Gasteiger partial charge in [-0.15, -0.1) is 0 Å². The van der Waals surface area contributed by atoms with Gasteiger partial charge < -0.3 is 19.4 Å². The number of rotatable bonds is 66. The number of unbranched alkanes of at least 4 members (excludes halogenated alkanes) is 36. The Morgan fingerprint density at radius 3 is 1.07 bits per heavy atom. The molecule has 2 N–H and O–H groups in total. The van der Waals surface area contributed by atoms with Gasteiger partial charge in [0.05, 0.1) is 33.8 Å². The number of nitrogens with one attached hydrogen (secondary N) is 1. The van der Waals surface area contributed by atoms with E-state index in [-0.39, 0.29) is 31.5 Å². The number of nitrogens with zero attached hydrogens (tertiary/aromatic N) is 1. The first-order chi connectivity index (χ1) is 42.4. The molecule has 0 heterocycles. The zero-order valence-electron chi connectivity index (χ0n) is 57.7. The molecule has 3 unspecified atom stereocenters. The second-order valence-corrected chi connectivity index (χ2v) is 27.2. The molecule has 0 saturated heterocycles. The van der Waals surface area contributed by atoms with Crippen LogP contribution in [-0.2, 0) is 27.9 Å². The van der Waals surface area contributed by atoms with Gasteiger partial charge in [-0.3, -0.25) is 18.6 Å². The summed E-state index contributed by atoms with van der Waals surface area (Å²) in [6.45, 7) is 6.98. The van der Waals surface area contributed by atoms with E-state index in [1.54, 1.807) is 0 Å². The quantitative estimate of drug-likeness (QED) is 0.0205. The van der Waals surface area contributed by atoms with Gasteiger partial charge in [-0.25, -0.2) is 4.57 Å². The lowest BCUT2D eigenvalue weighted by Crippen LogP contribution is -2.47. The summed E-state index contributed by atoms with van der Waals surface area (Å²) in [5, 5.41) is 3.07. The minimum Gasteiger partial charge on any atom is -0.456 e. The van der Waals surface area contributed by atoms with Crippen LogP contribution in [-0.4, -0.2) is 74.3 Å². The van der Waals surface area contributed by atoms with E-state index in [1.165, 1.54) is 193 Å². The number of quaternary nitrogens is 1. The van der Waals surface area contributed by atoms with Gasteiger partial charge in [-0.1, -0.05) is 298 Å². The maximum absolute atomic E-state index is 13.6. The van der Waals surface area contributed by atoms with Crippen LogP contribution in [0.1, 0.15) is 329 Å². The van der Waals surface area contributed by atoms with Crippen LogP contribution in [0.15, 0.2) is 97.2 Å². The van der Waals surface area contributed by atoms with Crippen molar-refractivity contribution in [1.82, 2.24) is 5.32 Å². The third-order valence-corrected chi connectivity index (χ3v) is 17.0. The number of likely N-dealkylation sites (N-methyl/N-ethyl adjacent to an activating group) is 1. The minimum atomic E-state index is -4.46. The highest BCUT2D eigenvalue weighted by molar-refractivity contribution is 7.47. The average Bonchev–Trinajstić information content (AvgIpc) is 3.70. The normalized spacial score (nSPS) is 14.1. The average molecular weight is 1240 g/mol. The molecule has 0 bridgehead atoms. The number of phosphoric ester groups is 1. The molecule has 0 radical (unpaired) electrons. The Bertz CT molecular complexity index is 1810. The molecule has 0 fully saturated rings. The summed E-state index contributed by atoms with van der Waals surface area (Å²) >= 11 is 0. The number of esters is 1. The smallest absolute Gasteiger partial charge is 0.456 e. The Labute approximate surface area is 538 Å². The zero-order chi connectivity index (χ0) is 63.5. The number of allylic oxidation sites excluding steroid dienone is 15. The molecule has 504 valence electrons. The topological polar surface area (TPSA) is 111 Å². The summed E-state index contributed by atoms with van der Waals surface area (Å²) in [4.78, 5) is 38.0. The molecule has 3 atom stereocenters. The SMILES string of the molecule is CCCCC/C=C\C/C=C\C/C=C\C/C=C\CCCCCCCCCC(=O)OC(/C=C/CCCCCCCCCCCCC)C(COP(=O)(O)OCC[N+](C)(C)C)NC(=O)CCCCCCCCCCCCCC/C=C\C/C=C\C/C=C\CCCCC. The lowest BCUT2D eigenvalue weighted by atomic mass is 10.0. The molecule has 0 saturated carbocycles. The molecule has 9 nitrogen and oxygen atoms in total. The number of hydrogen-bond acceptors (Lipinski definition) is 6. The summed E-state index contributed by atoms with van der Waals surface area (Å²) < 4.78 is 30.9. The Morgan fingerprint density at radius 2 is 0.701 bits per heavy atom. The predicted molar refractivity (Wildman–Crippen MR) is 378 cm³/mol. The highest BCUT2D eigenvalue weighted by atomic mass is 31.2. The van der Waals surface area contributed by atoms with Crippen LogP contribution in [0.2, 0.25) is 0 Å². The first kappa shape index (κ1) is 83.9. The molecule has 1 amide bonds. The Kier molecular flexibility index (Phi) is 63.5. The molecule has 0 aliphatic carbocycles. The maximum Gasteiger partial charge on any atom is 0.472 e. The van der Waals surface area contributed by atoms with Gasteiger partial charge in [0.2, 0.25) is 5.91 Å². The van der Waals surface area contributed by atoms with Gasteiger partial charge in [0.1, 0.15) is 19.3 Å². The van der Waals surface area contributed by atoms with Crippen molar-refractivity contribution in [2.45, 2.75) is 341 Å². The van der Waals surface area contributed by atoms with Crippen molar-refractivity contribution in [2.75, 3.05) is 40.9 Å². The van der Waals surface area contributed by atoms with Crippen LogP contribution in [0.4, 0.5) is 0 Å². The Morgan fingerprint density at radius 1 is 0.402 bits per heavy atom. The number of hydrogen-bond donors (Lipinski definition) is 2. The standard InChI is InChI=1S/C77H139N2O7P/c1-7-10-13-16-19-22-25-28-30-32-34-36-38-39-41-42-44-46-48-51-54-57-60-63-66-69-76(80)78-74(73-85-87(82,83)84-72-71-79(4,5)6)75(68-65-62-59-56-53-50-27-24-21-18-15-12-9-3)86-77(81)70-67-64-61-58-55-52-49-47-45-43-40-37-35-33-31-29-26-23-20-17-14-11-8-2/h19-20,22-23,28-31,34-37,43,45,65,68,74-75H,7-18,21,24-27,32-33,38-42,44,46-64,66-67,69-73H2,1-6H3,(H-,78,80,82,83)/p+1/b22-19-,23-20-,30-28-,31-29-,36-34-,37-35-,45-43-,68-65+. The largest absolute Gasteiger partial charge is 0.472 e. The first-order valence-corrected chi connectivity index (χ1v) is 38.1. The highest BCUT2D eigenvalue weighted by Crippen LogP contribution is 2.43. The lowest BCUT2D eigenvalue weighted by molar-refractivity contribution is -0.870. The van der Waals surface area contributed by atoms with Crippen LogP contribution in [0.25, 0.3) is 0 Å². The molecule has 87 heavy (non-hydrogen) atoms. The first-order valence-electron chi connectivity index (χ1n) is 36.6. The Balaban J connectivity index is 5.12. The maximum atomic E-state index is 13.6. The van der Waals surface area contributed by atoms with Crippen LogP contribution >= 0.6 is 7.82 Å². The van der Waals surface area contributed by atoms with E-state index in [0.717, 1.165) is 103 Å². The molecule has 0 spiro atoms. The van der Waals surface area contributed by atoms with E-state index in [2.05, 4.69) is 111 Å². The van der Waals surface area contributed by atoms with Crippen LogP contribution in [0.5, 0.6) is 0 Å². The molecule has 0 aromatic carbocycles. The van der Waals surface area contributed by atoms with Crippen LogP contribution in [0, 0.1) is 0 Å². The third kappa shape index (κ3) is 67.2. The van der Waals surface area contributed by atoms with E-state index in [1.807, 2.05) is 33.3 Å².